The van der Waals surface area contributed by atoms with E-state index in [-0.39, 0.29) is 29.5 Å². The zero-order chi connectivity index (χ0) is 24.9. The van der Waals surface area contributed by atoms with Crippen LogP contribution in [-0.2, 0) is 25.1 Å². The van der Waals surface area contributed by atoms with Gasteiger partial charge in [0.1, 0.15) is 0 Å². The summed E-state index contributed by atoms with van der Waals surface area (Å²) in [4.78, 5) is 0. The Morgan fingerprint density at radius 1 is 1.06 bits per heavy atom. The smallest absolute Gasteiger partial charge is 0.408 e. The summed E-state index contributed by atoms with van der Waals surface area (Å²) in [6.07, 6.45) is 5.09. The average Bonchev–Trinajstić information content (AvgIpc) is 2.87. The molecule has 0 aromatic heterocycles. The second kappa shape index (κ2) is 11.0. The van der Waals surface area contributed by atoms with Crippen LogP contribution in [0.3, 0.4) is 0 Å². The van der Waals surface area contributed by atoms with Crippen LogP contribution in [0.15, 0.2) is 54.0 Å². The molecule has 1 aliphatic rings. The van der Waals surface area contributed by atoms with Gasteiger partial charge in [-0.2, -0.15) is 0 Å². The summed E-state index contributed by atoms with van der Waals surface area (Å²) in [5.74, 6) is 2.08. The van der Waals surface area contributed by atoms with Gasteiger partial charge in [0.2, 0.25) is 0 Å². The van der Waals surface area contributed by atoms with Gasteiger partial charge in [-0.05, 0) is 64.7 Å². The van der Waals surface area contributed by atoms with E-state index in [0.717, 1.165) is 6.42 Å². The molecule has 1 saturated heterocycles. The quantitative estimate of drug-likeness (QED) is 0.268. The first-order valence-corrected chi connectivity index (χ1v) is 15.0. The van der Waals surface area contributed by atoms with Crippen molar-refractivity contribution in [1.29, 1.82) is 0 Å². The van der Waals surface area contributed by atoms with Crippen LogP contribution in [0.1, 0.15) is 67.4 Å². The minimum atomic E-state index is -1.92. The Labute approximate surface area is 204 Å². The highest BCUT2D eigenvalue weighted by Crippen LogP contribution is 2.38. The maximum absolute atomic E-state index is 6.67. The van der Waals surface area contributed by atoms with Crippen LogP contribution in [0.25, 0.3) is 0 Å². The molecule has 33 heavy (non-hydrogen) atoms. The maximum atomic E-state index is 6.67. The van der Waals surface area contributed by atoms with Gasteiger partial charge in [0.15, 0.2) is 8.32 Å². The van der Waals surface area contributed by atoms with E-state index in [1.165, 1.54) is 11.1 Å². The van der Waals surface area contributed by atoms with Crippen molar-refractivity contribution in [3.05, 3.63) is 59.6 Å². The van der Waals surface area contributed by atoms with Gasteiger partial charge in [-0.3, -0.25) is 0 Å². The van der Waals surface area contributed by atoms with Crippen molar-refractivity contribution >= 4 is 15.4 Å². The van der Waals surface area contributed by atoms with Gasteiger partial charge in [0.05, 0.1) is 30.5 Å². The van der Waals surface area contributed by atoms with Gasteiger partial charge in [-0.1, -0.05) is 74.8 Å². The van der Waals surface area contributed by atoms with Gasteiger partial charge >= 0.3 is 7.12 Å². The van der Waals surface area contributed by atoms with E-state index >= 15 is 0 Å². The van der Waals surface area contributed by atoms with Crippen LogP contribution >= 0.6 is 0 Å². The molecule has 0 radical (unpaired) electrons. The molecule has 6 heteroatoms. The SMILES string of the molecule is C/C(=C/B1OC(C)(C)C(C)(C)O1)C/C=C/C(COCc1ccccc1)O[Si](C)(C)C(C)(C)C. The Balaban J connectivity index is 2.00. The molecule has 0 bridgehead atoms. The van der Waals surface area contributed by atoms with Crippen molar-refractivity contribution in [2.24, 2.45) is 0 Å². The Morgan fingerprint density at radius 2 is 1.64 bits per heavy atom. The molecule has 1 atom stereocenters. The van der Waals surface area contributed by atoms with Gasteiger partial charge in [0, 0.05) is 0 Å². The van der Waals surface area contributed by atoms with E-state index in [2.05, 4.69) is 98.7 Å². The van der Waals surface area contributed by atoms with Crippen molar-refractivity contribution in [2.45, 2.75) is 104 Å². The van der Waals surface area contributed by atoms with Crippen LogP contribution in [0.5, 0.6) is 0 Å². The minimum Gasteiger partial charge on any atom is -0.408 e. The lowest BCUT2D eigenvalue weighted by Gasteiger charge is -2.38. The minimum absolute atomic E-state index is 0.0701. The standard InChI is InChI=1S/C27H45BO4Si/c1-22(19-28-31-26(5,6)27(7,8)32-28)15-14-18-24(30-33(9,10)25(2,3)4)21-29-20-23-16-12-11-13-17-23/h11-14,16-19,24H,15,20-21H2,1-10H3/b18-14+,22-19-. The Kier molecular flexibility index (Phi) is 9.39. The van der Waals surface area contributed by atoms with E-state index in [9.17, 15) is 0 Å². The third-order valence-electron chi connectivity index (χ3n) is 7.13. The molecule has 1 aromatic carbocycles. The summed E-state index contributed by atoms with van der Waals surface area (Å²) in [5.41, 5.74) is 1.75. The zero-order valence-corrected chi connectivity index (χ0v) is 23.5. The van der Waals surface area contributed by atoms with Crippen molar-refractivity contribution in [3.63, 3.8) is 0 Å². The molecule has 1 fully saturated rings. The molecule has 0 saturated carbocycles. The first-order chi connectivity index (χ1) is 15.1. The summed E-state index contributed by atoms with van der Waals surface area (Å²) < 4.78 is 24.9. The summed E-state index contributed by atoms with van der Waals surface area (Å²) in [6, 6.07) is 10.3. The van der Waals surface area contributed by atoms with Crippen molar-refractivity contribution in [2.75, 3.05) is 6.61 Å². The topological polar surface area (TPSA) is 36.9 Å². The van der Waals surface area contributed by atoms with E-state index in [1.807, 2.05) is 18.2 Å². The number of hydrogen-bond acceptors (Lipinski definition) is 4. The first-order valence-electron chi connectivity index (χ1n) is 12.1. The highest BCUT2D eigenvalue weighted by molar-refractivity contribution is 6.74. The Hall–Kier alpha value is -1.18. The monoisotopic (exact) mass is 472 g/mol. The van der Waals surface area contributed by atoms with E-state index in [0.29, 0.717) is 13.2 Å². The van der Waals surface area contributed by atoms with Crippen LogP contribution in [0.2, 0.25) is 18.1 Å². The van der Waals surface area contributed by atoms with E-state index in [4.69, 9.17) is 18.5 Å². The zero-order valence-electron chi connectivity index (χ0n) is 22.5. The summed E-state index contributed by atoms with van der Waals surface area (Å²) in [7, 11) is -2.23. The Morgan fingerprint density at radius 3 is 2.18 bits per heavy atom. The lowest BCUT2D eigenvalue weighted by atomic mass is 9.86. The van der Waals surface area contributed by atoms with E-state index < -0.39 is 8.32 Å². The largest absolute Gasteiger partial charge is 0.487 e. The third kappa shape index (κ3) is 8.22. The van der Waals surface area contributed by atoms with Gasteiger partial charge < -0.3 is 18.5 Å². The van der Waals surface area contributed by atoms with Gasteiger partial charge in [-0.25, -0.2) is 0 Å². The average molecular weight is 473 g/mol. The number of benzene rings is 1. The molecule has 1 unspecified atom stereocenters. The fraction of sp³-hybridized carbons (Fsp3) is 0.630. The fourth-order valence-electron chi connectivity index (χ4n) is 3.21. The summed E-state index contributed by atoms with van der Waals surface area (Å²) in [5, 5.41) is 0.144. The number of ether oxygens (including phenoxy) is 1. The first kappa shape index (κ1) is 28.1. The lowest BCUT2D eigenvalue weighted by Crippen LogP contribution is -2.44. The molecule has 0 aliphatic carbocycles. The Bertz CT molecular complexity index is 793. The molecular formula is C27H45BO4Si. The number of hydrogen-bond donors (Lipinski definition) is 0. The molecule has 4 nitrogen and oxygen atoms in total. The van der Waals surface area contributed by atoms with Crippen molar-refractivity contribution < 1.29 is 18.5 Å². The molecule has 0 spiro atoms. The number of allylic oxidation sites excluding steroid dienone is 2. The lowest BCUT2D eigenvalue weighted by molar-refractivity contribution is 0.00578. The fourth-order valence-corrected chi connectivity index (χ4v) is 4.47. The second-order valence-corrected chi connectivity index (χ2v) is 16.4. The molecule has 0 N–H and O–H groups in total. The van der Waals surface area contributed by atoms with Crippen molar-refractivity contribution in [3.8, 4) is 0 Å². The predicted octanol–water partition coefficient (Wildman–Crippen LogP) is 7.12. The highest BCUT2D eigenvalue weighted by Gasteiger charge is 2.50. The second-order valence-electron chi connectivity index (χ2n) is 11.7. The van der Waals surface area contributed by atoms with Crippen LogP contribution in [0.4, 0.5) is 0 Å². The molecule has 1 aromatic rings. The van der Waals surface area contributed by atoms with Gasteiger partial charge in [-0.15, -0.1) is 0 Å². The molecular weight excluding hydrogens is 427 g/mol. The number of rotatable bonds is 10. The van der Waals surface area contributed by atoms with Gasteiger partial charge in [0.25, 0.3) is 0 Å². The summed E-state index contributed by atoms with van der Waals surface area (Å²) in [6.45, 7) is 22.9. The normalized spacial score (nSPS) is 19.9. The predicted molar refractivity (Wildman–Crippen MR) is 142 cm³/mol. The molecule has 2 rings (SSSR count). The van der Waals surface area contributed by atoms with Crippen LogP contribution < -0.4 is 0 Å². The van der Waals surface area contributed by atoms with Crippen LogP contribution in [-0.4, -0.2) is 39.3 Å². The molecule has 1 aliphatic heterocycles. The maximum Gasteiger partial charge on any atom is 0.487 e. The molecule has 184 valence electrons. The van der Waals surface area contributed by atoms with Crippen LogP contribution in [0, 0.1) is 0 Å². The summed E-state index contributed by atoms with van der Waals surface area (Å²) >= 11 is 0. The highest BCUT2D eigenvalue weighted by atomic mass is 28.4. The third-order valence-corrected chi connectivity index (χ3v) is 11.6. The molecule has 0 amide bonds. The van der Waals surface area contributed by atoms with Crippen molar-refractivity contribution in [1.82, 2.24) is 0 Å². The van der Waals surface area contributed by atoms with E-state index in [1.54, 1.807) is 0 Å². The molecule has 1 heterocycles.